The first-order chi connectivity index (χ1) is 11.7. The van der Waals surface area contributed by atoms with Gasteiger partial charge < -0.3 is 9.88 Å². The summed E-state index contributed by atoms with van der Waals surface area (Å²) >= 11 is 1.54. The summed E-state index contributed by atoms with van der Waals surface area (Å²) < 4.78 is 3.91. The third-order valence-corrected chi connectivity index (χ3v) is 5.01. The zero-order chi connectivity index (χ0) is 16.5. The Morgan fingerprint density at radius 2 is 2.29 bits per heavy atom. The topological polar surface area (TPSA) is 77.6 Å². The average Bonchev–Trinajstić information content (AvgIpc) is 3.29. The maximum Gasteiger partial charge on any atom is 0.252 e. The number of carbonyl (C=O) groups excluding carboxylic acids is 1. The summed E-state index contributed by atoms with van der Waals surface area (Å²) in [6.07, 6.45) is 6.30. The number of carbonyl (C=O) groups is 1. The number of fused-ring (bicyclic) bond motifs is 1. The normalized spacial score (nSPS) is 17.3. The SMILES string of the molecule is Cn1cc(-c2nnc3n2CCC(NC(=O)c2ccsc2)CC3)cn1. The van der Waals surface area contributed by atoms with Crippen molar-refractivity contribution in [2.75, 3.05) is 0 Å². The van der Waals surface area contributed by atoms with E-state index >= 15 is 0 Å². The molecule has 1 aliphatic rings. The van der Waals surface area contributed by atoms with Crippen LogP contribution in [0.4, 0.5) is 0 Å². The van der Waals surface area contributed by atoms with Crippen LogP contribution >= 0.6 is 11.3 Å². The smallest absolute Gasteiger partial charge is 0.252 e. The molecule has 1 amide bonds. The van der Waals surface area contributed by atoms with Gasteiger partial charge in [-0.25, -0.2) is 0 Å². The van der Waals surface area contributed by atoms with E-state index in [2.05, 4.69) is 25.2 Å². The van der Waals surface area contributed by atoms with Crippen LogP contribution in [0, 0.1) is 0 Å². The van der Waals surface area contributed by atoms with E-state index in [9.17, 15) is 4.79 Å². The minimum atomic E-state index is 0.00592. The Hall–Kier alpha value is -2.48. The zero-order valence-electron chi connectivity index (χ0n) is 13.3. The molecule has 1 atom stereocenters. The second-order valence-electron chi connectivity index (χ2n) is 6.00. The number of aryl methyl sites for hydroxylation is 2. The lowest BCUT2D eigenvalue weighted by molar-refractivity contribution is 0.0933. The quantitative estimate of drug-likeness (QED) is 0.788. The van der Waals surface area contributed by atoms with Crippen LogP contribution in [-0.2, 0) is 20.0 Å². The molecule has 4 heterocycles. The number of hydrogen-bond donors (Lipinski definition) is 1. The summed E-state index contributed by atoms with van der Waals surface area (Å²) in [7, 11) is 1.89. The Balaban J connectivity index is 1.48. The number of nitrogens with one attached hydrogen (secondary N) is 1. The summed E-state index contributed by atoms with van der Waals surface area (Å²) in [5, 5.41) is 19.8. The summed E-state index contributed by atoms with van der Waals surface area (Å²) in [6, 6.07) is 2.01. The maximum absolute atomic E-state index is 12.2. The molecule has 0 aliphatic carbocycles. The molecule has 1 aliphatic heterocycles. The van der Waals surface area contributed by atoms with Gasteiger partial charge in [-0.3, -0.25) is 9.48 Å². The molecular weight excluding hydrogens is 324 g/mol. The molecule has 3 aromatic rings. The molecule has 0 spiro atoms. The third-order valence-electron chi connectivity index (χ3n) is 4.33. The van der Waals surface area contributed by atoms with E-state index in [0.717, 1.165) is 48.6 Å². The van der Waals surface area contributed by atoms with Crippen LogP contribution < -0.4 is 5.32 Å². The number of rotatable bonds is 3. The van der Waals surface area contributed by atoms with Crippen molar-refractivity contribution in [1.29, 1.82) is 0 Å². The number of hydrogen-bond acceptors (Lipinski definition) is 5. The number of nitrogens with zero attached hydrogens (tertiary/aromatic N) is 5. The maximum atomic E-state index is 12.2. The van der Waals surface area contributed by atoms with Gasteiger partial charge in [-0.2, -0.15) is 16.4 Å². The fourth-order valence-electron chi connectivity index (χ4n) is 3.04. The van der Waals surface area contributed by atoms with E-state index in [4.69, 9.17) is 0 Å². The summed E-state index contributed by atoms with van der Waals surface area (Å²) in [6.45, 7) is 0.793. The van der Waals surface area contributed by atoms with E-state index in [1.165, 1.54) is 11.3 Å². The molecule has 0 radical (unpaired) electrons. The van der Waals surface area contributed by atoms with Crippen LogP contribution in [0.1, 0.15) is 29.0 Å². The number of aromatic nitrogens is 5. The number of thiophene rings is 1. The van der Waals surface area contributed by atoms with Crippen molar-refractivity contribution < 1.29 is 4.79 Å². The summed E-state index contributed by atoms with van der Waals surface area (Å²) in [5.74, 6) is 1.83. The van der Waals surface area contributed by atoms with Crippen molar-refractivity contribution in [2.45, 2.75) is 31.8 Å². The van der Waals surface area contributed by atoms with Crippen molar-refractivity contribution in [2.24, 2.45) is 7.05 Å². The highest BCUT2D eigenvalue weighted by Gasteiger charge is 2.22. The molecule has 1 unspecified atom stereocenters. The van der Waals surface area contributed by atoms with Crippen molar-refractivity contribution >= 4 is 17.2 Å². The number of amides is 1. The molecule has 24 heavy (non-hydrogen) atoms. The Labute approximate surface area is 143 Å². The highest BCUT2D eigenvalue weighted by atomic mass is 32.1. The lowest BCUT2D eigenvalue weighted by Gasteiger charge is -2.15. The second-order valence-corrected chi connectivity index (χ2v) is 6.78. The van der Waals surface area contributed by atoms with Gasteiger partial charge in [0.25, 0.3) is 5.91 Å². The predicted molar refractivity (Wildman–Crippen MR) is 90.7 cm³/mol. The molecule has 0 fully saturated rings. The molecule has 3 aromatic heterocycles. The van der Waals surface area contributed by atoms with Crippen LogP contribution in [-0.4, -0.2) is 36.5 Å². The van der Waals surface area contributed by atoms with Gasteiger partial charge in [0.05, 0.1) is 11.8 Å². The standard InChI is InChI=1S/C16H18N6OS/c1-21-9-12(8-17-21)15-20-19-14-3-2-13(4-6-22(14)15)18-16(23)11-5-7-24-10-11/h5,7-10,13H,2-4,6H2,1H3,(H,18,23). The Bertz CT molecular complexity index is 850. The molecule has 0 aromatic carbocycles. The molecule has 7 nitrogen and oxygen atoms in total. The van der Waals surface area contributed by atoms with Crippen molar-refractivity contribution in [3.63, 3.8) is 0 Å². The van der Waals surface area contributed by atoms with E-state index in [1.54, 1.807) is 10.9 Å². The van der Waals surface area contributed by atoms with Crippen LogP contribution in [0.25, 0.3) is 11.4 Å². The van der Waals surface area contributed by atoms with E-state index in [1.807, 2.05) is 30.1 Å². The molecule has 0 saturated carbocycles. The summed E-state index contributed by atoms with van der Waals surface area (Å²) in [4.78, 5) is 12.2. The summed E-state index contributed by atoms with van der Waals surface area (Å²) in [5.41, 5.74) is 1.71. The van der Waals surface area contributed by atoms with Crippen LogP contribution in [0.15, 0.2) is 29.2 Å². The molecule has 4 rings (SSSR count). The minimum Gasteiger partial charge on any atom is -0.349 e. The van der Waals surface area contributed by atoms with Crippen molar-refractivity contribution in [3.8, 4) is 11.4 Å². The van der Waals surface area contributed by atoms with E-state index < -0.39 is 0 Å². The average molecular weight is 342 g/mol. The highest BCUT2D eigenvalue weighted by Crippen LogP contribution is 2.22. The molecular formula is C16H18N6OS. The van der Waals surface area contributed by atoms with Crippen molar-refractivity contribution in [1.82, 2.24) is 29.9 Å². The first-order valence-corrected chi connectivity index (χ1v) is 8.89. The minimum absolute atomic E-state index is 0.00592. The Morgan fingerprint density at radius 1 is 1.38 bits per heavy atom. The highest BCUT2D eigenvalue weighted by molar-refractivity contribution is 7.08. The van der Waals surface area contributed by atoms with Gasteiger partial charge >= 0.3 is 0 Å². The lowest BCUT2D eigenvalue weighted by atomic mass is 10.1. The van der Waals surface area contributed by atoms with Gasteiger partial charge in [0, 0.05) is 43.2 Å². The van der Waals surface area contributed by atoms with Gasteiger partial charge in [0.15, 0.2) is 5.82 Å². The monoisotopic (exact) mass is 342 g/mol. The molecule has 124 valence electrons. The fraction of sp³-hybridized carbons (Fsp3) is 0.375. The Kier molecular flexibility index (Phi) is 3.89. The predicted octanol–water partition coefficient (Wildman–Crippen LogP) is 1.87. The fourth-order valence-corrected chi connectivity index (χ4v) is 3.68. The third kappa shape index (κ3) is 2.84. The van der Waals surface area contributed by atoms with Gasteiger partial charge in [-0.05, 0) is 24.3 Å². The first kappa shape index (κ1) is 15.1. The van der Waals surface area contributed by atoms with Crippen LogP contribution in [0.5, 0.6) is 0 Å². The van der Waals surface area contributed by atoms with E-state index in [-0.39, 0.29) is 11.9 Å². The van der Waals surface area contributed by atoms with Gasteiger partial charge in [0.1, 0.15) is 5.82 Å². The van der Waals surface area contributed by atoms with Gasteiger partial charge in [0.2, 0.25) is 0 Å². The lowest BCUT2D eigenvalue weighted by Crippen LogP contribution is -2.35. The second kappa shape index (κ2) is 6.20. The molecule has 0 saturated heterocycles. The largest absolute Gasteiger partial charge is 0.349 e. The Morgan fingerprint density at radius 3 is 3.04 bits per heavy atom. The first-order valence-electron chi connectivity index (χ1n) is 7.95. The van der Waals surface area contributed by atoms with Gasteiger partial charge in [-0.1, -0.05) is 0 Å². The van der Waals surface area contributed by atoms with Gasteiger partial charge in [-0.15, -0.1) is 10.2 Å². The van der Waals surface area contributed by atoms with Crippen LogP contribution in [0.3, 0.4) is 0 Å². The zero-order valence-corrected chi connectivity index (χ0v) is 14.2. The van der Waals surface area contributed by atoms with Crippen molar-refractivity contribution in [3.05, 3.63) is 40.6 Å². The van der Waals surface area contributed by atoms with E-state index in [0.29, 0.717) is 0 Å². The van der Waals surface area contributed by atoms with Crippen LogP contribution in [0.2, 0.25) is 0 Å². The molecule has 8 heteroatoms. The molecule has 1 N–H and O–H groups in total. The molecule has 0 bridgehead atoms.